The quantitative estimate of drug-likeness (QED) is 0.732. The van der Waals surface area contributed by atoms with Gasteiger partial charge in [-0.15, -0.1) is 0 Å². The van der Waals surface area contributed by atoms with Crippen molar-refractivity contribution in [3.8, 4) is 0 Å². The Labute approximate surface area is 135 Å². The summed E-state index contributed by atoms with van der Waals surface area (Å²) >= 11 is 0. The molecule has 0 spiro atoms. The third-order valence-corrected chi connectivity index (χ3v) is 3.77. The molecule has 1 amide bonds. The van der Waals surface area contributed by atoms with Gasteiger partial charge in [-0.3, -0.25) is 4.79 Å². The predicted molar refractivity (Wildman–Crippen MR) is 93.9 cm³/mol. The van der Waals surface area contributed by atoms with E-state index in [1.54, 1.807) is 4.90 Å². The minimum absolute atomic E-state index is 0.165. The number of dihydropyridines is 1. The van der Waals surface area contributed by atoms with Crippen molar-refractivity contribution in [1.29, 1.82) is 0 Å². The molecule has 3 nitrogen and oxygen atoms in total. The van der Waals surface area contributed by atoms with Gasteiger partial charge in [0.25, 0.3) is 0 Å². The Morgan fingerprint density at radius 1 is 1.41 bits per heavy atom. The monoisotopic (exact) mass is 302 g/mol. The maximum atomic E-state index is 12.3. The zero-order valence-electron chi connectivity index (χ0n) is 14.9. The Morgan fingerprint density at radius 3 is 2.68 bits per heavy atom. The summed E-state index contributed by atoms with van der Waals surface area (Å²) in [6, 6.07) is 0. The molecule has 0 saturated heterocycles. The number of likely N-dealkylation sites (N-methyl/N-ethyl adjacent to an activating group) is 1. The fraction of sp³-hybridized carbons (Fsp3) is 0.526. The number of rotatable bonds is 6. The summed E-state index contributed by atoms with van der Waals surface area (Å²) in [7, 11) is 1.86. The van der Waals surface area contributed by atoms with E-state index in [1.165, 1.54) is 17.0 Å². The van der Waals surface area contributed by atoms with Crippen molar-refractivity contribution < 1.29 is 4.79 Å². The average molecular weight is 302 g/mol. The zero-order chi connectivity index (χ0) is 16.7. The molecule has 122 valence electrons. The molecule has 0 atom stereocenters. The fourth-order valence-corrected chi connectivity index (χ4v) is 2.37. The first kappa shape index (κ1) is 18.3. The number of amides is 1. The topological polar surface area (TPSA) is 32.3 Å². The van der Waals surface area contributed by atoms with Gasteiger partial charge in [0.15, 0.2) is 0 Å². The largest absolute Gasteiger partial charge is 0.363 e. The number of hydrogen-bond donors (Lipinski definition) is 1. The molecular formula is C19H30N2O. The maximum absolute atomic E-state index is 12.3. The van der Waals surface area contributed by atoms with E-state index in [1.807, 2.05) is 26.1 Å². The fourth-order valence-electron chi connectivity index (χ4n) is 2.37. The lowest BCUT2D eigenvalue weighted by Gasteiger charge is -2.22. The molecule has 1 aliphatic heterocycles. The van der Waals surface area contributed by atoms with Gasteiger partial charge in [0.05, 0.1) is 0 Å². The molecule has 0 bridgehead atoms. The average Bonchev–Trinajstić information content (AvgIpc) is 2.45. The lowest BCUT2D eigenvalue weighted by Crippen LogP contribution is -2.26. The summed E-state index contributed by atoms with van der Waals surface area (Å²) in [5, 5.41) is 3.43. The first-order valence-electron chi connectivity index (χ1n) is 8.07. The summed E-state index contributed by atoms with van der Waals surface area (Å²) < 4.78 is 0. The third kappa shape index (κ3) is 5.55. The first-order valence-corrected chi connectivity index (χ1v) is 8.07. The van der Waals surface area contributed by atoms with E-state index in [0.717, 1.165) is 18.5 Å². The molecule has 1 N–H and O–H groups in total. The molecule has 1 rings (SSSR count). The summed E-state index contributed by atoms with van der Waals surface area (Å²) in [6.45, 7) is 10.4. The summed E-state index contributed by atoms with van der Waals surface area (Å²) in [5.74, 6) is 0.539. The Bertz CT molecular complexity index is 522. The molecule has 0 aliphatic carbocycles. The molecule has 3 heteroatoms. The van der Waals surface area contributed by atoms with Gasteiger partial charge in [0.1, 0.15) is 0 Å². The Kier molecular flexibility index (Phi) is 7.16. The number of carbonyl (C=O) groups is 1. The van der Waals surface area contributed by atoms with Crippen LogP contribution < -0.4 is 5.32 Å². The minimum atomic E-state index is 0.165. The second kappa shape index (κ2) is 8.62. The van der Waals surface area contributed by atoms with Crippen molar-refractivity contribution in [2.45, 2.75) is 53.9 Å². The number of nitrogens with zero attached hydrogens (tertiary/aromatic N) is 1. The van der Waals surface area contributed by atoms with Crippen molar-refractivity contribution in [1.82, 2.24) is 10.2 Å². The van der Waals surface area contributed by atoms with E-state index in [-0.39, 0.29) is 5.91 Å². The van der Waals surface area contributed by atoms with E-state index in [0.29, 0.717) is 12.3 Å². The van der Waals surface area contributed by atoms with Crippen LogP contribution in [0.3, 0.4) is 0 Å². The highest BCUT2D eigenvalue weighted by Crippen LogP contribution is 2.20. The number of nitrogens with one attached hydrogen (secondary N) is 1. The smallest absolute Gasteiger partial charge is 0.226 e. The lowest BCUT2D eigenvalue weighted by molar-refractivity contribution is -0.128. The van der Waals surface area contributed by atoms with Crippen LogP contribution in [0.4, 0.5) is 0 Å². The Hall–Kier alpha value is -1.77. The van der Waals surface area contributed by atoms with Crippen LogP contribution in [0.2, 0.25) is 0 Å². The van der Waals surface area contributed by atoms with Gasteiger partial charge in [0.2, 0.25) is 5.91 Å². The Morgan fingerprint density at radius 2 is 2.09 bits per heavy atom. The normalized spacial score (nSPS) is 16.1. The molecular weight excluding hydrogens is 272 g/mol. The van der Waals surface area contributed by atoms with E-state index in [2.05, 4.69) is 45.2 Å². The van der Waals surface area contributed by atoms with Crippen LogP contribution in [0.1, 0.15) is 53.9 Å². The van der Waals surface area contributed by atoms with Crippen molar-refractivity contribution in [2.24, 2.45) is 5.92 Å². The molecule has 0 radical (unpaired) electrons. The van der Waals surface area contributed by atoms with Gasteiger partial charge in [-0.05, 0) is 44.8 Å². The van der Waals surface area contributed by atoms with Crippen LogP contribution >= 0.6 is 0 Å². The maximum Gasteiger partial charge on any atom is 0.226 e. The molecule has 0 aromatic heterocycles. The number of carbonyl (C=O) groups excluding carboxylic acids is 1. The molecule has 0 saturated carbocycles. The standard InChI is InChI=1S/C19H30N2O/c1-7-8-17(21(6)19(22)13-14(2)3)11-12-18-15(4)9-10-16(5)20-18/h7-8,10-11,14,20H,9,12-13H2,1-6H3/b8-7-,17-11?. The highest BCUT2D eigenvalue weighted by atomic mass is 16.2. The van der Waals surface area contributed by atoms with Gasteiger partial charge < -0.3 is 10.2 Å². The SMILES string of the molecule is C/C=C\C(=CCC1=C(C)CC=C(C)N1)N(C)C(=O)CC(C)C. The van der Waals surface area contributed by atoms with Gasteiger partial charge in [-0.2, -0.15) is 0 Å². The molecule has 1 aliphatic rings. The van der Waals surface area contributed by atoms with Gasteiger partial charge in [-0.25, -0.2) is 0 Å². The second-order valence-electron chi connectivity index (χ2n) is 6.36. The van der Waals surface area contributed by atoms with Crippen LogP contribution in [0.5, 0.6) is 0 Å². The summed E-state index contributed by atoms with van der Waals surface area (Å²) in [5.41, 5.74) is 4.76. The predicted octanol–water partition coefficient (Wildman–Crippen LogP) is 4.51. The van der Waals surface area contributed by atoms with Crippen LogP contribution in [0.25, 0.3) is 0 Å². The molecule has 22 heavy (non-hydrogen) atoms. The summed E-state index contributed by atoms with van der Waals surface area (Å²) in [6.07, 6.45) is 10.7. The van der Waals surface area contributed by atoms with Crippen LogP contribution in [-0.4, -0.2) is 17.9 Å². The third-order valence-electron chi connectivity index (χ3n) is 3.77. The molecule has 0 aromatic rings. The zero-order valence-corrected chi connectivity index (χ0v) is 14.9. The van der Waals surface area contributed by atoms with Crippen molar-refractivity contribution in [3.05, 3.63) is 47.0 Å². The van der Waals surface area contributed by atoms with E-state index in [4.69, 9.17) is 0 Å². The number of hydrogen-bond acceptors (Lipinski definition) is 2. The first-order chi connectivity index (χ1) is 10.3. The van der Waals surface area contributed by atoms with Gasteiger partial charge in [0, 0.05) is 37.0 Å². The van der Waals surface area contributed by atoms with Gasteiger partial charge >= 0.3 is 0 Å². The minimum Gasteiger partial charge on any atom is -0.363 e. The molecule has 0 unspecified atom stereocenters. The lowest BCUT2D eigenvalue weighted by atomic mass is 10.0. The second-order valence-corrected chi connectivity index (χ2v) is 6.36. The van der Waals surface area contributed by atoms with E-state index in [9.17, 15) is 4.79 Å². The summed E-state index contributed by atoms with van der Waals surface area (Å²) in [4.78, 5) is 14.0. The molecule has 0 aromatic carbocycles. The van der Waals surface area contributed by atoms with Crippen LogP contribution in [0.15, 0.2) is 47.0 Å². The van der Waals surface area contributed by atoms with Gasteiger partial charge in [-0.1, -0.05) is 32.1 Å². The highest BCUT2D eigenvalue weighted by Gasteiger charge is 2.14. The van der Waals surface area contributed by atoms with Crippen molar-refractivity contribution >= 4 is 5.91 Å². The molecule has 1 heterocycles. The van der Waals surface area contributed by atoms with E-state index >= 15 is 0 Å². The molecule has 0 fully saturated rings. The van der Waals surface area contributed by atoms with E-state index < -0.39 is 0 Å². The van der Waals surface area contributed by atoms with Crippen molar-refractivity contribution in [2.75, 3.05) is 7.05 Å². The van der Waals surface area contributed by atoms with Crippen LogP contribution in [0, 0.1) is 5.92 Å². The highest BCUT2D eigenvalue weighted by molar-refractivity contribution is 5.78. The van der Waals surface area contributed by atoms with Crippen molar-refractivity contribution in [3.63, 3.8) is 0 Å². The number of allylic oxidation sites excluding steroid dienone is 6. The van der Waals surface area contributed by atoms with Crippen LogP contribution in [-0.2, 0) is 4.79 Å². The Balaban J connectivity index is 2.84.